The molecule has 1 aromatic carbocycles. The number of hydrogen-bond acceptors (Lipinski definition) is 2. The average Bonchev–Trinajstić information content (AvgIpc) is 3.13. The van der Waals surface area contributed by atoms with Gasteiger partial charge in [0.05, 0.1) is 0 Å². The molecule has 0 saturated heterocycles. The molecule has 0 radical (unpaired) electrons. The maximum absolute atomic E-state index is 11.2. The fourth-order valence-corrected chi connectivity index (χ4v) is 2.03. The second-order valence-corrected chi connectivity index (χ2v) is 4.41. The van der Waals surface area contributed by atoms with Crippen molar-refractivity contribution in [2.75, 3.05) is 0 Å². The van der Waals surface area contributed by atoms with E-state index in [9.17, 15) is 9.90 Å². The van der Waals surface area contributed by atoms with Crippen molar-refractivity contribution in [1.29, 1.82) is 0 Å². The summed E-state index contributed by atoms with van der Waals surface area (Å²) in [5.41, 5.74) is 1.15. The number of rotatable bonds is 6. The van der Waals surface area contributed by atoms with Crippen molar-refractivity contribution in [2.45, 2.75) is 31.5 Å². The zero-order chi connectivity index (χ0) is 12.3. The van der Waals surface area contributed by atoms with Crippen molar-refractivity contribution in [1.82, 2.24) is 4.90 Å². The van der Waals surface area contributed by atoms with Gasteiger partial charge in [0.15, 0.2) is 0 Å². The van der Waals surface area contributed by atoms with Crippen molar-refractivity contribution in [3.63, 3.8) is 0 Å². The predicted octanol–water partition coefficient (Wildman–Crippen LogP) is 2.29. The third-order valence-electron chi connectivity index (χ3n) is 3.06. The molecular formula is C14H17NO2. The average molecular weight is 231 g/mol. The molecular weight excluding hydrogens is 214 g/mol. The lowest BCUT2D eigenvalue weighted by atomic mass is 10.1. The van der Waals surface area contributed by atoms with Gasteiger partial charge >= 0.3 is 5.97 Å². The van der Waals surface area contributed by atoms with Crippen LogP contribution in [0.5, 0.6) is 0 Å². The molecule has 0 heterocycles. The summed E-state index contributed by atoms with van der Waals surface area (Å²) in [6.07, 6.45) is 3.69. The Balaban J connectivity index is 2.12. The first-order valence-corrected chi connectivity index (χ1v) is 5.87. The molecule has 1 saturated carbocycles. The Labute approximate surface area is 101 Å². The summed E-state index contributed by atoms with van der Waals surface area (Å²) in [6.45, 7) is 4.31. The zero-order valence-electron chi connectivity index (χ0n) is 9.75. The van der Waals surface area contributed by atoms with E-state index in [0.717, 1.165) is 18.4 Å². The number of hydrogen-bond donors (Lipinski definition) is 1. The molecule has 1 aromatic rings. The summed E-state index contributed by atoms with van der Waals surface area (Å²) in [5, 5.41) is 9.19. The summed E-state index contributed by atoms with van der Waals surface area (Å²) >= 11 is 0. The highest BCUT2D eigenvalue weighted by Crippen LogP contribution is 2.30. The molecule has 2 rings (SSSR count). The van der Waals surface area contributed by atoms with Crippen molar-refractivity contribution in [3.8, 4) is 0 Å². The largest absolute Gasteiger partial charge is 0.480 e. The van der Waals surface area contributed by atoms with Crippen LogP contribution in [-0.4, -0.2) is 28.1 Å². The lowest BCUT2D eigenvalue weighted by Crippen LogP contribution is -2.40. The lowest BCUT2D eigenvalue weighted by Gasteiger charge is -2.26. The first-order chi connectivity index (χ1) is 8.22. The number of carboxylic acids is 1. The van der Waals surface area contributed by atoms with E-state index >= 15 is 0 Å². The number of carboxylic acid groups (broad SMARTS) is 1. The molecule has 3 nitrogen and oxygen atoms in total. The topological polar surface area (TPSA) is 40.5 Å². The molecule has 0 amide bonds. The molecule has 0 spiro atoms. The first kappa shape index (κ1) is 11.9. The number of aliphatic carboxylic acids is 1. The standard InChI is InChI=1S/C14H17NO2/c1-2-13(14(16)17)15(12-8-9-12)10-11-6-4-3-5-7-11/h2-7,12-13H,1,8-10H2,(H,16,17). The molecule has 1 aliphatic carbocycles. The van der Waals surface area contributed by atoms with Gasteiger partial charge in [0.25, 0.3) is 0 Å². The van der Waals surface area contributed by atoms with E-state index in [-0.39, 0.29) is 0 Å². The first-order valence-electron chi connectivity index (χ1n) is 5.87. The van der Waals surface area contributed by atoms with Crippen LogP contribution in [-0.2, 0) is 11.3 Å². The van der Waals surface area contributed by atoms with E-state index in [1.165, 1.54) is 6.08 Å². The maximum Gasteiger partial charge on any atom is 0.324 e. The molecule has 0 bridgehead atoms. The normalized spacial score (nSPS) is 16.8. The van der Waals surface area contributed by atoms with Gasteiger partial charge in [-0.05, 0) is 18.4 Å². The van der Waals surface area contributed by atoms with Gasteiger partial charge < -0.3 is 5.11 Å². The highest BCUT2D eigenvalue weighted by molar-refractivity contribution is 5.75. The lowest BCUT2D eigenvalue weighted by molar-refractivity contribution is -0.141. The molecule has 1 aliphatic rings. The maximum atomic E-state index is 11.2. The molecule has 0 aliphatic heterocycles. The summed E-state index contributed by atoms with van der Waals surface area (Å²) in [7, 11) is 0. The van der Waals surface area contributed by atoms with Gasteiger partial charge in [-0.2, -0.15) is 0 Å². The van der Waals surface area contributed by atoms with Crippen LogP contribution in [0.4, 0.5) is 0 Å². The van der Waals surface area contributed by atoms with Crippen molar-refractivity contribution in [2.24, 2.45) is 0 Å². The fourth-order valence-electron chi connectivity index (χ4n) is 2.03. The van der Waals surface area contributed by atoms with E-state index in [1.807, 2.05) is 35.2 Å². The monoisotopic (exact) mass is 231 g/mol. The smallest absolute Gasteiger partial charge is 0.324 e. The van der Waals surface area contributed by atoms with Gasteiger partial charge in [-0.15, -0.1) is 6.58 Å². The Morgan fingerprint density at radius 2 is 2.12 bits per heavy atom. The van der Waals surface area contributed by atoms with Crippen LogP contribution >= 0.6 is 0 Å². The molecule has 90 valence electrons. The van der Waals surface area contributed by atoms with Crippen LogP contribution in [0.3, 0.4) is 0 Å². The van der Waals surface area contributed by atoms with Crippen molar-refractivity contribution in [3.05, 3.63) is 48.6 Å². The molecule has 1 atom stereocenters. The van der Waals surface area contributed by atoms with E-state index < -0.39 is 12.0 Å². The summed E-state index contributed by atoms with van der Waals surface area (Å²) in [5.74, 6) is -0.817. The Bertz CT molecular complexity index is 398. The third kappa shape index (κ3) is 2.94. The van der Waals surface area contributed by atoms with Gasteiger partial charge in [-0.1, -0.05) is 36.4 Å². The number of benzene rings is 1. The van der Waals surface area contributed by atoms with E-state index in [0.29, 0.717) is 12.6 Å². The number of carbonyl (C=O) groups is 1. The quantitative estimate of drug-likeness (QED) is 0.764. The van der Waals surface area contributed by atoms with Crippen LogP contribution < -0.4 is 0 Å². The fraction of sp³-hybridized carbons (Fsp3) is 0.357. The number of nitrogens with zero attached hydrogens (tertiary/aromatic N) is 1. The van der Waals surface area contributed by atoms with Crippen LogP contribution in [0.15, 0.2) is 43.0 Å². The predicted molar refractivity (Wildman–Crippen MR) is 66.6 cm³/mol. The van der Waals surface area contributed by atoms with Gasteiger partial charge in [0.2, 0.25) is 0 Å². The molecule has 0 aromatic heterocycles. The van der Waals surface area contributed by atoms with Crippen molar-refractivity contribution >= 4 is 5.97 Å². The molecule has 1 fully saturated rings. The van der Waals surface area contributed by atoms with E-state index in [2.05, 4.69) is 6.58 Å². The summed E-state index contributed by atoms with van der Waals surface area (Å²) in [4.78, 5) is 13.2. The summed E-state index contributed by atoms with van der Waals surface area (Å²) in [6, 6.07) is 9.79. The van der Waals surface area contributed by atoms with Crippen LogP contribution in [0, 0.1) is 0 Å². The highest BCUT2D eigenvalue weighted by atomic mass is 16.4. The van der Waals surface area contributed by atoms with Gasteiger partial charge in [-0.3, -0.25) is 9.69 Å². The van der Waals surface area contributed by atoms with Crippen LogP contribution in [0.25, 0.3) is 0 Å². The summed E-state index contributed by atoms with van der Waals surface area (Å²) < 4.78 is 0. The Kier molecular flexibility index (Phi) is 3.59. The second kappa shape index (κ2) is 5.15. The van der Waals surface area contributed by atoms with Gasteiger partial charge in [-0.25, -0.2) is 0 Å². The minimum Gasteiger partial charge on any atom is -0.480 e. The minimum absolute atomic E-state index is 0.398. The highest BCUT2D eigenvalue weighted by Gasteiger charge is 2.35. The van der Waals surface area contributed by atoms with Crippen LogP contribution in [0.1, 0.15) is 18.4 Å². The Morgan fingerprint density at radius 1 is 1.47 bits per heavy atom. The third-order valence-corrected chi connectivity index (χ3v) is 3.06. The minimum atomic E-state index is -0.817. The zero-order valence-corrected chi connectivity index (χ0v) is 9.75. The van der Waals surface area contributed by atoms with Gasteiger partial charge in [0.1, 0.15) is 6.04 Å². The molecule has 1 N–H and O–H groups in total. The van der Waals surface area contributed by atoms with Crippen molar-refractivity contribution < 1.29 is 9.90 Å². The molecule has 3 heteroatoms. The molecule has 17 heavy (non-hydrogen) atoms. The SMILES string of the molecule is C=CC(C(=O)O)N(Cc1ccccc1)C1CC1. The van der Waals surface area contributed by atoms with Crippen LogP contribution in [0.2, 0.25) is 0 Å². The Hall–Kier alpha value is -1.61. The second-order valence-electron chi connectivity index (χ2n) is 4.41. The van der Waals surface area contributed by atoms with E-state index in [1.54, 1.807) is 0 Å². The van der Waals surface area contributed by atoms with E-state index in [4.69, 9.17) is 0 Å². The Morgan fingerprint density at radius 3 is 2.59 bits per heavy atom. The molecule has 1 unspecified atom stereocenters. The van der Waals surface area contributed by atoms with Gasteiger partial charge in [0, 0.05) is 12.6 Å².